The zero-order valence-electron chi connectivity index (χ0n) is 11.1. The van der Waals surface area contributed by atoms with Gasteiger partial charge in [-0.25, -0.2) is 4.39 Å². The van der Waals surface area contributed by atoms with E-state index in [-0.39, 0.29) is 5.82 Å². The largest absolute Gasteiger partial charge is 0.368 e. The maximum absolute atomic E-state index is 13.1. The molecule has 0 heterocycles. The molecule has 2 aromatic rings. The van der Waals surface area contributed by atoms with E-state index in [0.29, 0.717) is 13.0 Å². The fraction of sp³-hybridized carbons (Fsp3) is 0.188. The van der Waals surface area contributed by atoms with Crippen molar-refractivity contribution in [1.82, 2.24) is 5.32 Å². The predicted molar refractivity (Wildman–Crippen MR) is 76.5 cm³/mol. The third kappa shape index (κ3) is 3.90. The van der Waals surface area contributed by atoms with Crippen LogP contribution < -0.4 is 11.1 Å². The van der Waals surface area contributed by atoms with Gasteiger partial charge >= 0.3 is 0 Å². The highest BCUT2D eigenvalue weighted by molar-refractivity contribution is 5.81. The van der Waals surface area contributed by atoms with Gasteiger partial charge in [0, 0.05) is 6.54 Å². The Hall–Kier alpha value is -2.20. The van der Waals surface area contributed by atoms with Gasteiger partial charge in [-0.3, -0.25) is 4.79 Å². The molecular weight excluding hydrogens is 255 g/mol. The fourth-order valence-corrected chi connectivity index (χ4v) is 2.08. The first-order valence-electron chi connectivity index (χ1n) is 6.49. The zero-order valence-corrected chi connectivity index (χ0v) is 11.1. The van der Waals surface area contributed by atoms with E-state index in [2.05, 4.69) is 5.32 Å². The number of amides is 1. The molecule has 3 N–H and O–H groups in total. The molecular formula is C16H17FN2O. The van der Waals surface area contributed by atoms with Gasteiger partial charge in [0.25, 0.3) is 0 Å². The van der Waals surface area contributed by atoms with Crippen LogP contribution >= 0.6 is 0 Å². The quantitative estimate of drug-likeness (QED) is 0.847. The van der Waals surface area contributed by atoms with Crippen LogP contribution in [-0.4, -0.2) is 12.5 Å². The predicted octanol–water partition coefficient (Wildman–Crippen LogP) is 2.18. The Morgan fingerprint density at radius 1 is 1.15 bits per heavy atom. The van der Waals surface area contributed by atoms with Crippen LogP contribution in [0.25, 0.3) is 0 Å². The zero-order chi connectivity index (χ0) is 14.4. The van der Waals surface area contributed by atoms with Crippen LogP contribution in [0.3, 0.4) is 0 Å². The molecule has 0 aliphatic heterocycles. The molecule has 0 bridgehead atoms. The summed E-state index contributed by atoms with van der Waals surface area (Å²) in [5, 5.41) is 3.11. The van der Waals surface area contributed by atoms with Crippen molar-refractivity contribution in [3.63, 3.8) is 0 Å². The summed E-state index contributed by atoms with van der Waals surface area (Å²) in [6.45, 7) is 0.548. The molecule has 1 amide bonds. The summed E-state index contributed by atoms with van der Waals surface area (Å²) in [4.78, 5) is 11.5. The summed E-state index contributed by atoms with van der Waals surface area (Å²) in [5.41, 5.74) is 7.13. The minimum Gasteiger partial charge on any atom is -0.368 e. The van der Waals surface area contributed by atoms with Gasteiger partial charge in [0.15, 0.2) is 0 Å². The molecule has 1 atom stereocenters. The molecule has 0 spiro atoms. The lowest BCUT2D eigenvalue weighted by Crippen LogP contribution is -2.34. The Morgan fingerprint density at radius 2 is 1.90 bits per heavy atom. The Morgan fingerprint density at radius 3 is 2.55 bits per heavy atom. The number of nitrogens with one attached hydrogen (secondary N) is 1. The van der Waals surface area contributed by atoms with Gasteiger partial charge in [0.1, 0.15) is 11.9 Å². The normalized spacial score (nSPS) is 12.1. The molecule has 0 aliphatic rings. The molecule has 0 aromatic heterocycles. The Bertz CT molecular complexity index is 572. The fourth-order valence-electron chi connectivity index (χ4n) is 2.08. The van der Waals surface area contributed by atoms with Crippen LogP contribution in [0.2, 0.25) is 0 Å². The van der Waals surface area contributed by atoms with E-state index in [1.807, 2.05) is 36.4 Å². The average molecular weight is 272 g/mol. The van der Waals surface area contributed by atoms with Crippen LogP contribution in [0.15, 0.2) is 54.6 Å². The lowest BCUT2D eigenvalue weighted by Gasteiger charge is -2.15. The molecule has 0 saturated heterocycles. The number of benzene rings is 2. The first-order chi connectivity index (χ1) is 9.66. The Labute approximate surface area is 117 Å². The van der Waals surface area contributed by atoms with Gasteiger partial charge in [-0.2, -0.15) is 0 Å². The lowest BCUT2D eigenvalue weighted by atomic mass is 10.1. The van der Waals surface area contributed by atoms with Gasteiger partial charge in [0.2, 0.25) is 5.91 Å². The van der Waals surface area contributed by atoms with Crippen molar-refractivity contribution in [2.24, 2.45) is 5.73 Å². The smallest absolute Gasteiger partial charge is 0.239 e. The second kappa shape index (κ2) is 6.82. The highest BCUT2D eigenvalue weighted by Gasteiger charge is 2.16. The van der Waals surface area contributed by atoms with Crippen LogP contribution in [0.5, 0.6) is 0 Å². The number of hydrogen-bond donors (Lipinski definition) is 2. The maximum atomic E-state index is 13.1. The van der Waals surface area contributed by atoms with Crippen LogP contribution in [0, 0.1) is 5.82 Å². The van der Waals surface area contributed by atoms with E-state index in [9.17, 15) is 9.18 Å². The van der Waals surface area contributed by atoms with Crippen molar-refractivity contribution in [3.05, 3.63) is 71.5 Å². The minimum atomic E-state index is -0.523. The van der Waals surface area contributed by atoms with Crippen molar-refractivity contribution in [2.75, 3.05) is 6.54 Å². The summed E-state index contributed by atoms with van der Waals surface area (Å²) in [6, 6.07) is 15.2. The highest BCUT2D eigenvalue weighted by Crippen LogP contribution is 2.12. The van der Waals surface area contributed by atoms with E-state index < -0.39 is 11.9 Å². The third-order valence-electron chi connectivity index (χ3n) is 3.07. The van der Waals surface area contributed by atoms with Gasteiger partial charge < -0.3 is 11.1 Å². The third-order valence-corrected chi connectivity index (χ3v) is 3.07. The van der Waals surface area contributed by atoms with Crippen LogP contribution in [-0.2, 0) is 11.2 Å². The molecule has 0 fully saturated rings. The number of nitrogens with two attached hydrogens (primary N) is 1. The number of halogens is 1. The van der Waals surface area contributed by atoms with E-state index in [1.165, 1.54) is 12.1 Å². The highest BCUT2D eigenvalue weighted by atomic mass is 19.1. The van der Waals surface area contributed by atoms with E-state index >= 15 is 0 Å². The van der Waals surface area contributed by atoms with Gasteiger partial charge in [0.05, 0.1) is 0 Å². The van der Waals surface area contributed by atoms with Crippen molar-refractivity contribution >= 4 is 5.91 Å². The molecule has 104 valence electrons. The Kier molecular flexibility index (Phi) is 4.85. The van der Waals surface area contributed by atoms with Crippen molar-refractivity contribution in [3.8, 4) is 0 Å². The van der Waals surface area contributed by atoms with Crippen LogP contribution in [0.4, 0.5) is 4.39 Å². The molecule has 0 radical (unpaired) electrons. The second-order valence-corrected chi connectivity index (χ2v) is 4.58. The first kappa shape index (κ1) is 14.2. The van der Waals surface area contributed by atoms with Gasteiger partial charge in [-0.15, -0.1) is 0 Å². The summed E-state index contributed by atoms with van der Waals surface area (Å²) in [6.07, 6.45) is 0.633. The summed E-state index contributed by atoms with van der Waals surface area (Å²) >= 11 is 0. The van der Waals surface area contributed by atoms with Crippen LogP contribution in [0.1, 0.15) is 17.2 Å². The van der Waals surface area contributed by atoms with Crippen molar-refractivity contribution < 1.29 is 9.18 Å². The van der Waals surface area contributed by atoms with E-state index in [0.717, 1.165) is 11.1 Å². The van der Waals surface area contributed by atoms with Gasteiger partial charge in [-0.1, -0.05) is 42.5 Å². The minimum absolute atomic E-state index is 0.253. The standard InChI is InChI=1S/C16H17FN2O/c17-14-8-4-5-12(11-14)9-10-19-15(16(18)20)13-6-2-1-3-7-13/h1-8,11,15,19H,9-10H2,(H2,18,20). The molecule has 0 aliphatic carbocycles. The van der Waals surface area contributed by atoms with Crippen molar-refractivity contribution in [1.29, 1.82) is 0 Å². The molecule has 20 heavy (non-hydrogen) atoms. The Balaban J connectivity index is 1.95. The summed E-state index contributed by atoms with van der Waals surface area (Å²) in [5.74, 6) is -0.674. The molecule has 0 saturated carbocycles. The SMILES string of the molecule is NC(=O)C(NCCc1cccc(F)c1)c1ccccc1. The number of hydrogen-bond acceptors (Lipinski definition) is 2. The number of carbonyl (C=O) groups is 1. The topological polar surface area (TPSA) is 55.1 Å². The van der Waals surface area contributed by atoms with E-state index in [1.54, 1.807) is 6.07 Å². The summed E-state index contributed by atoms with van der Waals surface area (Å²) < 4.78 is 13.1. The molecule has 2 rings (SSSR count). The number of rotatable bonds is 6. The molecule has 4 heteroatoms. The number of primary amides is 1. The monoisotopic (exact) mass is 272 g/mol. The average Bonchev–Trinajstić information content (AvgIpc) is 2.44. The lowest BCUT2D eigenvalue weighted by molar-refractivity contribution is -0.120. The van der Waals surface area contributed by atoms with Gasteiger partial charge in [-0.05, 0) is 29.7 Å². The second-order valence-electron chi connectivity index (χ2n) is 4.58. The van der Waals surface area contributed by atoms with E-state index in [4.69, 9.17) is 5.73 Å². The van der Waals surface area contributed by atoms with Crippen molar-refractivity contribution in [2.45, 2.75) is 12.5 Å². The first-order valence-corrected chi connectivity index (χ1v) is 6.49. The molecule has 2 aromatic carbocycles. The summed E-state index contributed by atoms with van der Waals surface area (Å²) in [7, 11) is 0. The number of carbonyl (C=O) groups excluding carboxylic acids is 1. The maximum Gasteiger partial charge on any atom is 0.239 e. The molecule has 1 unspecified atom stereocenters. The molecule has 3 nitrogen and oxygen atoms in total.